The summed E-state index contributed by atoms with van der Waals surface area (Å²) in [6.07, 6.45) is 1.46. The van der Waals surface area contributed by atoms with Gasteiger partial charge in [-0.15, -0.1) is 0 Å². The Morgan fingerprint density at radius 1 is 1.24 bits per heavy atom. The second kappa shape index (κ2) is 6.90. The predicted molar refractivity (Wildman–Crippen MR) is 66.7 cm³/mol. The molecular formula is C11H8ArBrClN2O. The van der Waals surface area contributed by atoms with Gasteiger partial charge in [-0.05, 0) is 18.2 Å². The van der Waals surface area contributed by atoms with Crippen molar-refractivity contribution in [3.8, 4) is 17.1 Å². The molecule has 90 valence electrons. The summed E-state index contributed by atoms with van der Waals surface area (Å²) in [5.41, 5.74) is 1.68. The fraction of sp³-hybridized carbons (Fsp3) is 0.0909. The summed E-state index contributed by atoms with van der Waals surface area (Å²) in [4.78, 5) is 8.13. The van der Waals surface area contributed by atoms with Crippen LogP contribution in [0.25, 0.3) is 11.3 Å². The third kappa shape index (κ3) is 3.80. The number of methoxy groups -OCH3 is 1. The molecule has 6 heteroatoms. The van der Waals surface area contributed by atoms with Gasteiger partial charge in [0.2, 0.25) is 5.88 Å². The van der Waals surface area contributed by atoms with Crippen molar-refractivity contribution in [2.24, 2.45) is 0 Å². The van der Waals surface area contributed by atoms with Crippen molar-refractivity contribution in [3.05, 3.63) is 40.1 Å². The van der Waals surface area contributed by atoms with E-state index in [1.54, 1.807) is 13.2 Å². The third-order valence-electron chi connectivity index (χ3n) is 2.06. The Morgan fingerprint density at radius 3 is 2.71 bits per heavy atom. The van der Waals surface area contributed by atoms with Gasteiger partial charge in [-0.1, -0.05) is 27.5 Å². The molecule has 0 amide bonds. The molecule has 0 aliphatic carbocycles. The second-order valence-electron chi connectivity index (χ2n) is 3.07. The van der Waals surface area contributed by atoms with E-state index in [1.165, 1.54) is 6.33 Å². The summed E-state index contributed by atoms with van der Waals surface area (Å²) in [6, 6.07) is 7.30. The molecule has 1 aromatic carbocycles. The van der Waals surface area contributed by atoms with Crippen LogP contribution in [0.2, 0.25) is 5.02 Å². The zero-order chi connectivity index (χ0) is 11.5. The topological polar surface area (TPSA) is 35.0 Å². The van der Waals surface area contributed by atoms with E-state index in [4.69, 9.17) is 16.3 Å². The Morgan fingerprint density at radius 2 is 2.00 bits per heavy atom. The summed E-state index contributed by atoms with van der Waals surface area (Å²) in [6.45, 7) is 0. The van der Waals surface area contributed by atoms with Crippen molar-refractivity contribution in [1.29, 1.82) is 0 Å². The van der Waals surface area contributed by atoms with Gasteiger partial charge in [0.05, 0.1) is 12.8 Å². The summed E-state index contributed by atoms with van der Waals surface area (Å²) >= 11 is 9.40. The van der Waals surface area contributed by atoms with Gasteiger partial charge in [0, 0.05) is 58.9 Å². The molecule has 3 nitrogen and oxygen atoms in total. The minimum absolute atomic E-state index is 0. The van der Waals surface area contributed by atoms with Crippen LogP contribution >= 0.6 is 27.5 Å². The normalized spacial score (nSPS) is 9.59. The minimum atomic E-state index is 0. The van der Waals surface area contributed by atoms with Crippen LogP contribution < -0.4 is 4.74 Å². The Balaban J connectivity index is 0.00000144. The van der Waals surface area contributed by atoms with E-state index in [2.05, 4.69) is 25.9 Å². The van der Waals surface area contributed by atoms with E-state index in [0.29, 0.717) is 10.9 Å². The van der Waals surface area contributed by atoms with Crippen LogP contribution in [0.15, 0.2) is 35.1 Å². The van der Waals surface area contributed by atoms with Crippen LogP contribution in [0.5, 0.6) is 5.88 Å². The Labute approximate surface area is 143 Å². The molecule has 0 atom stereocenters. The maximum Gasteiger partial charge on any atom is 0.216 e. The van der Waals surface area contributed by atoms with Gasteiger partial charge in [0.1, 0.15) is 6.33 Å². The van der Waals surface area contributed by atoms with Gasteiger partial charge in [-0.25, -0.2) is 9.97 Å². The number of nitrogens with zero attached hydrogens (tertiary/aromatic N) is 2. The molecule has 0 spiro atoms. The maximum atomic E-state index is 5.94. The molecule has 0 saturated heterocycles. The van der Waals surface area contributed by atoms with Crippen molar-refractivity contribution in [2.75, 3.05) is 7.11 Å². The SMILES string of the molecule is COc1cc(-c2cc(Cl)ccc2Br)ncn1.[Ar]. The van der Waals surface area contributed by atoms with Gasteiger partial charge in [0.15, 0.2) is 0 Å². The molecule has 0 saturated carbocycles. The number of ether oxygens (including phenoxy) is 1. The summed E-state index contributed by atoms with van der Waals surface area (Å²) in [5, 5.41) is 0.663. The Kier molecular flexibility index (Phi) is 6.17. The average molecular weight is 340 g/mol. The molecule has 0 bridgehead atoms. The van der Waals surface area contributed by atoms with E-state index >= 15 is 0 Å². The molecule has 0 unspecified atom stereocenters. The maximum absolute atomic E-state index is 5.94. The van der Waals surface area contributed by atoms with Crippen molar-refractivity contribution < 1.29 is 42.5 Å². The first-order chi connectivity index (χ1) is 7.70. The number of benzene rings is 1. The van der Waals surface area contributed by atoms with E-state index < -0.39 is 0 Å². The Hall–Kier alpha value is 0.130. The molecular weight excluding hydrogens is 331 g/mol. The van der Waals surface area contributed by atoms with E-state index in [-0.39, 0.29) is 37.7 Å². The van der Waals surface area contributed by atoms with Gasteiger partial charge in [0.25, 0.3) is 0 Å². The number of hydrogen-bond acceptors (Lipinski definition) is 3. The molecule has 0 aliphatic heterocycles. The van der Waals surface area contributed by atoms with Crippen molar-refractivity contribution in [1.82, 2.24) is 9.97 Å². The average Bonchev–Trinajstić information content (AvgIpc) is 2.32. The largest absolute Gasteiger partial charge is 0.481 e. The minimum Gasteiger partial charge on any atom is -0.481 e. The monoisotopic (exact) mass is 338 g/mol. The van der Waals surface area contributed by atoms with Gasteiger partial charge in [-0.3, -0.25) is 0 Å². The van der Waals surface area contributed by atoms with Gasteiger partial charge >= 0.3 is 0 Å². The molecule has 0 radical (unpaired) electrons. The molecule has 2 aromatic rings. The van der Waals surface area contributed by atoms with Crippen LogP contribution in [0.3, 0.4) is 0 Å². The number of hydrogen-bond donors (Lipinski definition) is 0. The fourth-order valence-corrected chi connectivity index (χ4v) is 1.91. The fourth-order valence-electron chi connectivity index (χ4n) is 1.29. The standard InChI is InChI=1S/C11H8BrClN2O.Ar/c1-16-11-5-10(14-6-15-11)8-4-7(13)2-3-9(8)12;/h2-6H,1H3;. The first-order valence-corrected chi connectivity index (χ1v) is 5.69. The van der Waals surface area contributed by atoms with Crippen LogP contribution in [-0.2, 0) is 0 Å². The molecule has 17 heavy (non-hydrogen) atoms. The zero-order valence-electron chi connectivity index (χ0n) is 8.80. The molecule has 1 heterocycles. The first kappa shape index (κ1) is 15.2. The predicted octanol–water partition coefficient (Wildman–Crippen LogP) is 3.57. The quantitative estimate of drug-likeness (QED) is 0.839. The molecule has 0 aliphatic rings. The number of aromatic nitrogens is 2. The van der Waals surface area contributed by atoms with Crippen molar-refractivity contribution >= 4 is 27.5 Å². The molecule has 0 N–H and O–H groups in total. The van der Waals surface area contributed by atoms with Crippen molar-refractivity contribution in [3.63, 3.8) is 0 Å². The van der Waals surface area contributed by atoms with E-state index in [1.807, 2.05) is 18.2 Å². The molecule has 0 fully saturated rings. The van der Waals surface area contributed by atoms with Crippen LogP contribution in [-0.4, -0.2) is 17.1 Å². The van der Waals surface area contributed by atoms with E-state index in [0.717, 1.165) is 15.7 Å². The summed E-state index contributed by atoms with van der Waals surface area (Å²) < 4.78 is 5.98. The van der Waals surface area contributed by atoms with Crippen LogP contribution in [0, 0.1) is 37.7 Å². The second-order valence-corrected chi connectivity index (χ2v) is 4.36. The zero-order valence-corrected chi connectivity index (χ0v) is 11.8. The molecule has 2 rings (SSSR count). The smallest absolute Gasteiger partial charge is 0.216 e. The first-order valence-electron chi connectivity index (χ1n) is 4.52. The van der Waals surface area contributed by atoms with Gasteiger partial charge in [-0.2, -0.15) is 0 Å². The number of halogens is 2. The third-order valence-corrected chi connectivity index (χ3v) is 2.98. The number of rotatable bonds is 2. The van der Waals surface area contributed by atoms with Gasteiger partial charge < -0.3 is 4.74 Å². The molecule has 1 aromatic heterocycles. The van der Waals surface area contributed by atoms with Crippen LogP contribution in [0.1, 0.15) is 0 Å². The van der Waals surface area contributed by atoms with E-state index in [9.17, 15) is 0 Å². The van der Waals surface area contributed by atoms with Crippen molar-refractivity contribution in [2.45, 2.75) is 0 Å². The summed E-state index contributed by atoms with van der Waals surface area (Å²) in [7, 11) is 1.57. The summed E-state index contributed by atoms with van der Waals surface area (Å²) in [5.74, 6) is 0.525. The van der Waals surface area contributed by atoms with Crippen LogP contribution in [0.4, 0.5) is 0 Å². The Bertz CT molecular complexity index is 525.